The summed E-state index contributed by atoms with van der Waals surface area (Å²) in [5.74, 6) is 0.142. The van der Waals surface area contributed by atoms with Gasteiger partial charge in [0.15, 0.2) is 0 Å². The molecule has 0 fully saturated rings. The minimum absolute atomic E-state index is 0.148. The lowest BCUT2D eigenvalue weighted by Crippen LogP contribution is -2.30. The molecule has 0 aliphatic carbocycles. The van der Waals surface area contributed by atoms with E-state index >= 15 is 0 Å². The molecule has 3 nitrogen and oxygen atoms in total. The molecule has 20 heavy (non-hydrogen) atoms. The number of aliphatic hydroxyl groups excluding tert-OH is 1. The summed E-state index contributed by atoms with van der Waals surface area (Å²) in [7, 11) is 0. The Morgan fingerprint density at radius 3 is 2.55 bits per heavy atom. The first-order valence-corrected chi connectivity index (χ1v) is 6.89. The molecule has 0 unspecified atom stereocenters. The third kappa shape index (κ3) is 3.59. The maximum absolute atomic E-state index is 12.2. The van der Waals surface area contributed by atoms with Gasteiger partial charge in [-0.3, -0.25) is 4.79 Å². The van der Waals surface area contributed by atoms with E-state index in [9.17, 15) is 9.90 Å². The van der Waals surface area contributed by atoms with Crippen LogP contribution in [0.3, 0.4) is 0 Å². The summed E-state index contributed by atoms with van der Waals surface area (Å²) < 4.78 is 0. The Bertz CT molecular complexity index is 572. The molecule has 1 atom stereocenters. The Morgan fingerprint density at radius 2 is 1.90 bits per heavy atom. The number of benzene rings is 2. The van der Waals surface area contributed by atoms with Gasteiger partial charge < -0.3 is 10.4 Å². The second-order valence-corrected chi connectivity index (χ2v) is 4.72. The number of carbonyl (C=O) groups is 1. The Balaban J connectivity index is 2.13. The second-order valence-electron chi connectivity index (χ2n) is 4.45. The van der Waals surface area contributed by atoms with Crippen LogP contribution in [-0.2, 0) is 5.88 Å². The normalized spacial score (nSPS) is 11.9. The number of hydrogen-bond donors (Lipinski definition) is 2. The van der Waals surface area contributed by atoms with Gasteiger partial charge in [0.25, 0.3) is 5.91 Å². The quantitative estimate of drug-likeness (QED) is 0.832. The van der Waals surface area contributed by atoms with Crippen molar-refractivity contribution in [1.29, 1.82) is 0 Å². The summed E-state index contributed by atoms with van der Waals surface area (Å²) in [6, 6.07) is 16.1. The molecular weight excluding hydrogens is 274 g/mol. The van der Waals surface area contributed by atoms with Crippen LogP contribution >= 0.6 is 11.6 Å². The number of halogens is 1. The van der Waals surface area contributed by atoms with Gasteiger partial charge >= 0.3 is 0 Å². The maximum Gasteiger partial charge on any atom is 0.251 e. The number of aliphatic hydroxyl groups is 1. The first kappa shape index (κ1) is 14.6. The van der Waals surface area contributed by atoms with E-state index in [2.05, 4.69) is 5.32 Å². The second kappa shape index (κ2) is 7.08. The molecule has 0 heterocycles. The first-order valence-electron chi connectivity index (χ1n) is 6.36. The minimum Gasteiger partial charge on any atom is -0.394 e. The van der Waals surface area contributed by atoms with E-state index in [0.29, 0.717) is 11.4 Å². The van der Waals surface area contributed by atoms with E-state index in [1.54, 1.807) is 18.2 Å². The lowest BCUT2D eigenvalue weighted by atomic mass is 10.1. The monoisotopic (exact) mass is 289 g/mol. The van der Waals surface area contributed by atoms with Crippen molar-refractivity contribution < 1.29 is 9.90 Å². The zero-order valence-electron chi connectivity index (χ0n) is 10.9. The minimum atomic E-state index is -0.414. The van der Waals surface area contributed by atoms with Crippen LogP contribution in [0.5, 0.6) is 0 Å². The molecule has 0 aromatic heterocycles. The SMILES string of the molecule is O=C(N[C@@H](CO)c1ccccc1)c1cccc(CCl)c1. The van der Waals surface area contributed by atoms with E-state index in [1.807, 2.05) is 36.4 Å². The highest BCUT2D eigenvalue weighted by atomic mass is 35.5. The molecule has 2 aromatic carbocycles. The molecule has 0 radical (unpaired) electrons. The summed E-state index contributed by atoms with van der Waals surface area (Å²) in [4.78, 5) is 12.2. The number of hydrogen-bond acceptors (Lipinski definition) is 2. The summed E-state index contributed by atoms with van der Waals surface area (Å²) in [6.07, 6.45) is 0. The van der Waals surface area contributed by atoms with Gasteiger partial charge in [0, 0.05) is 11.4 Å². The molecule has 1 amide bonds. The molecule has 0 saturated heterocycles. The van der Waals surface area contributed by atoms with Crippen molar-refractivity contribution in [2.75, 3.05) is 6.61 Å². The van der Waals surface area contributed by atoms with Crippen LogP contribution in [0.1, 0.15) is 27.5 Å². The lowest BCUT2D eigenvalue weighted by Gasteiger charge is -2.17. The molecule has 0 aliphatic heterocycles. The molecule has 0 spiro atoms. The van der Waals surface area contributed by atoms with Crippen LogP contribution in [0.25, 0.3) is 0 Å². The first-order chi connectivity index (χ1) is 9.74. The number of carbonyl (C=O) groups excluding carboxylic acids is 1. The van der Waals surface area contributed by atoms with E-state index in [4.69, 9.17) is 11.6 Å². The molecule has 2 rings (SSSR count). The van der Waals surface area contributed by atoms with Crippen molar-refractivity contribution in [1.82, 2.24) is 5.32 Å². The average Bonchev–Trinajstić information content (AvgIpc) is 2.53. The molecule has 0 saturated carbocycles. The van der Waals surface area contributed by atoms with E-state index in [1.165, 1.54) is 0 Å². The largest absolute Gasteiger partial charge is 0.394 e. The van der Waals surface area contributed by atoms with Crippen LogP contribution in [0.2, 0.25) is 0 Å². The Labute approximate surface area is 123 Å². The standard InChI is InChI=1S/C16H16ClNO2/c17-10-12-5-4-8-14(9-12)16(20)18-15(11-19)13-6-2-1-3-7-13/h1-9,15,19H,10-11H2,(H,18,20)/t15-/m0/s1. The van der Waals surface area contributed by atoms with Gasteiger partial charge in [0.2, 0.25) is 0 Å². The molecule has 4 heteroatoms. The van der Waals surface area contributed by atoms with Crippen molar-refractivity contribution in [3.63, 3.8) is 0 Å². The highest BCUT2D eigenvalue weighted by Gasteiger charge is 2.14. The molecule has 104 valence electrons. The fraction of sp³-hybridized carbons (Fsp3) is 0.188. The molecule has 0 aliphatic rings. The van der Waals surface area contributed by atoms with Crippen molar-refractivity contribution in [3.8, 4) is 0 Å². The number of nitrogens with one attached hydrogen (secondary N) is 1. The summed E-state index contributed by atoms with van der Waals surface area (Å²) in [6.45, 7) is -0.148. The Kier molecular flexibility index (Phi) is 5.16. The molecule has 2 aromatic rings. The van der Waals surface area contributed by atoms with Gasteiger partial charge in [-0.25, -0.2) is 0 Å². The summed E-state index contributed by atoms with van der Waals surface area (Å²) >= 11 is 5.76. The Morgan fingerprint density at radius 1 is 1.15 bits per heavy atom. The fourth-order valence-corrected chi connectivity index (χ4v) is 2.12. The number of rotatable bonds is 5. The lowest BCUT2D eigenvalue weighted by molar-refractivity contribution is 0.0916. The topological polar surface area (TPSA) is 49.3 Å². The maximum atomic E-state index is 12.2. The highest BCUT2D eigenvalue weighted by Crippen LogP contribution is 2.14. The predicted molar refractivity (Wildman–Crippen MR) is 79.7 cm³/mol. The zero-order valence-corrected chi connectivity index (χ0v) is 11.7. The predicted octanol–water partition coefficient (Wildman–Crippen LogP) is 2.89. The molecular formula is C16H16ClNO2. The van der Waals surface area contributed by atoms with E-state index in [0.717, 1.165) is 11.1 Å². The van der Waals surface area contributed by atoms with Gasteiger partial charge in [-0.1, -0.05) is 42.5 Å². The van der Waals surface area contributed by atoms with Crippen molar-refractivity contribution in [3.05, 3.63) is 71.3 Å². The zero-order chi connectivity index (χ0) is 14.4. The number of alkyl halides is 1. The Hall–Kier alpha value is -1.84. The van der Waals surface area contributed by atoms with Crippen molar-refractivity contribution >= 4 is 17.5 Å². The third-order valence-corrected chi connectivity index (χ3v) is 3.34. The van der Waals surface area contributed by atoms with Gasteiger partial charge in [-0.2, -0.15) is 0 Å². The van der Waals surface area contributed by atoms with Gasteiger partial charge in [0.1, 0.15) is 0 Å². The van der Waals surface area contributed by atoms with Crippen molar-refractivity contribution in [2.45, 2.75) is 11.9 Å². The fourth-order valence-electron chi connectivity index (χ4n) is 1.96. The van der Waals surface area contributed by atoms with Crippen LogP contribution in [0, 0.1) is 0 Å². The highest BCUT2D eigenvalue weighted by molar-refractivity contribution is 6.17. The van der Waals surface area contributed by atoms with Crippen LogP contribution in [0.15, 0.2) is 54.6 Å². The van der Waals surface area contributed by atoms with E-state index in [-0.39, 0.29) is 12.5 Å². The molecule has 2 N–H and O–H groups in total. The van der Waals surface area contributed by atoms with Crippen LogP contribution in [-0.4, -0.2) is 17.6 Å². The summed E-state index contributed by atoms with van der Waals surface area (Å²) in [5.41, 5.74) is 2.30. The van der Waals surface area contributed by atoms with E-state index < -0.39 is 6.04 Å². The average molecular weight is 290 g/mol. The van der Waals surface area contributed by atoms with Gasteiger partial charge in [-0.15, -0.1) is 11.6 Å². The van der Waals surface area contributed by atoms with Crippen LogP contribution < -0.4 is 5.32 Å². The van der Waals surface area contributed by atoms with Crippen LogP contribution in [0.4, 0.5) is 0 Å². The summed E-state index contributed by atoms with van der Waals surface area (Å²) in [5, 5.41) is 12.3. The smallest absolute Gasteiger partial charge is 0.251 e. The van der Waals surface area contributed by atoms with Crippen molar-refractivity contribution in [2.24, 2.45) is 0 Å². The van der Waals surface area contributed by atoms with Gasteiger partial charge in [0.05, 0.1) is 12.6 Å². The van der Waals surface area contributed by atoms with Gasteiger partial charge in [-0.05, 0) is 23.3 Å². The number of amides is 1. The third-order valence-electron chi connectivity index (χ3n) is 3.03. The molecule has 0 bridgehead atoms.